The first-order valence-corrected chi connectivity index (χ1v) is 4.73. The van der Waals surface area contributed by atoms with Crippen molar-refractivity contribution in [3.63, 3.8) is 0 Å². The molecule has 0 amide bonds. The van der Waals surface area contributed by atoms with E-state index in [9.17, 15) is 0 Å². The maximum atomic E-state index is 5.75. The van der Waals surface area contributed by atoms with Gasteiger partial charge in [-0.15, -0.1) is 0 Å². The highest BCUT2D eigenvalue weighted by atomic mass is 32.2. The van der Waals surface area contributed by atoms with Gasteiger partial charge in [0.05, 0.1) is 0 Å². The Bertz CT molecular complexity index is 77.0. The van der Waals surface area contributed by atoms with Gasteiger partial charge >= 0.3 is 0 Å². The summed E-state index contributed by atoms with van der Waals surface area (Å²) in [4.78, 5) is 0. The highest BCUT2D eigenvalue weighted by molar-refractivity contribution is 8.00. The quantitative estimate of drug-likeness (QED) is 0.607. The second-order valence-electron chi connectivity index (χ2n) is 2.76. The molecule has 2 heteroatoms. The SMILES string of the molecule is C[C@H](N)C1CCCCS1. The van der Waals surface area contributed by atoms with E-state index in [0.717, 1.165) is 5.25 Å². The molecule has 0 saturated carbocycles. The first kappa shape index (κ1) is 7.42. The fourth-order valence-corrected chi connectivity index (χ4v) is 2.49. The molecule has 1 aliphatic heterocycles. The van der Waals surface area contributed by atoms with E-state index in [1.54, 1.807) is 0 Å². The molecule has 0 radical (unpaired) electrons. The van der Waals surface area contributed by atoms with Crippen molar-refractivity contribution in [1.29, 1.82) is 0 Å². The van der Waals surface area contributed by atoms with Gasteiger partial charge in [-0.1, -0.05) is 6.42 Å². The fraction of sp³-hybridized carbons (Fsp3) is 1.00. The summed E-state index contributed by atoms with van der Waals surface area (Å²) in [6.07, 6.45) is 4.12. The first-order chi connectivity index (χ1) is 4.30. The molecule has 0 aliphatic carbocycles. The van der Waals surface area contributed by atoms with E-state index < -0.39 is 0 Å². The van der Waals surface area contributed by atoms with Gasteiger partial charge in [0.2, 0.25) is 0 Å². The standard InChI is InChI=1S/C7H15NS/c1-6(8)7-4-2-3-5-9-7/h6-7H,2-5,8H2,1H3/t6-,7?/m0/s1. The topological polar surface area (TPSA) is 26.0 Å². The summed E-state index contributed by atoms with van der Waals surface area (Å²) in [7, 11) is 0. The summed E-state index contributed by atoms with van der Waals surface area (Å²) in [6.45, 7) is 2.11. The molecule has 0 bridgehead atoms. The summed E-state index contributed by atoms with van der Waals surface area (Å²) in [5, 5.41) is 0.749. The van der Waals surface area contributed by atoms with Crippen molar-refractivity contribution >= 4 is 11.8 Å². The van der Waals surface area contributed by atoms with E-state index in [0.29, 0.717) is 6.04 Å². The van der Waals surface area contributed by atoms with Crippen LogP contribution in [-0.4, -0.2) is 17.0 Å². The Morgan fingerprint density at radius 3 is 2.67 bits per heavy atom. The van der Waals surface area contributed by atoms with Crippen molar-refractivity contribution in [1.82, 2.24) is 0 Å². The fourth-order valence-electron chi connectivity index (χ4n) is 1.18. The lowest BCUT2D eigenvalue weighted by Crippen LogP contribution is -2.30. The van der Waals surface area contributed by atoms with Gasteiger partial charge in [0.1, 0.15) is 0 Å². The van der Waals surface area contributed by atoms with Gasteiger partial charge < -0.3 is 5.73 Å². The maximum Gasteiger partial charge on any atom is 0.0196 e. The average molecular weight is 145 g/mol. The molecule has 0 aromatic carbocycles. The Kier molecular flexibility index (Phi) is 2.86. The van der Waals surface area contributed by atoms with Crippen molar-refractivity contribution in [2.24, 2.45) is 5.73 Å². The molecule has 0 aromatic rings. The molecule has 2 N–H and O–H groups in total. The third kappa shape index (κ3) is 2.18. The number of hydrogen-bond acceptors (Lipinski definition) is 2. The number of rotatable bonds is 1. The second-order valence-corrected chi connectivity index (χ2v) is 4.11. The van der Waals surface area contributed by atoms with Gasteiger partial charge in [-0.25, -0.2) is 0 Å². The Morgan fingerprint density at radius 2 is 2.33 bits per heavy atom. The van der Waals surface area contributed by atoms with Gasteiger partial charge in [-0.3, -0.25) is 0 Å². The Hall–Kier alpha value is 0.310. The molecule has 1 nitrogen and oxygen atoms in total. The molecular weight excluding hydrogens is 130 g/mol. The maximum absolute atomic E-state index is 5.75. The lowest BCUT2D eigenvalue weighted by atomic mass is 10.1. The van der Waals surface area contributed by atoms with Crippen molar-refractivity contribution in [3.05, 3.63) is 0 Å². The summed E-state index contributed by atoms with van der Waals surface area (Å²) in [6, 6.07) is 0.398. The van der Waals surface area contributed by atoms with Crippen molar-refractivity contribution < 1.29 is 0 Å². The molecule has 1 rings (SSSR count). The average Bonchev–Trinajstić information content (AvgIpc) is 1.90. The molecule has 1 unspecified atom stereocenters. The van der Waals surface area contributed by atoms with Crippen LogP contribution in [0.2, 0.25) is 0 Å². The van der Waals surface area contributed by atoms with E-state index in [1.165, 1.54) is 25.0 Å². The van der Waals surface area contributed by atoms with Crippen LogP contribution in [0.3, 0.4) is 0 Å². The van der Waals surface area contributed by atoms with Gasteiger partial charge in [0.25, 0.3) is 0 Å². The molecule has 2 atom stereocenters. The molecule has 1 saturated heterocycles. The van der Waals surface area contributed by atoms with Crippen molar-refractivity contribution in [2.75, 3.05) is 5.75 Å². The van der Waals surface area contributed by atoms with Crippen LogP contribution in [-0.2, 0) is 0 Å². The van der Waals surface area contributed by atoms with Crippen LogP contribution < -0.4 is 5.73 Å². The van der Waals surface area contributed by atoms with Crippen LogP contribution in [0.5, 0.6) is 0 Å². The van der Waals surface area contributed by atoms with E-state index in [1.807, 2.05) is 11.8 Å². The van der Waals surface area contributed by atoms with Gasteiger partial charge in [-0.2, -0.15) is 11.8 Å². The zero-order valence-electron chi connectivity index (χ0n) is 5.97. The third-order valence-electron chi connectivity index (χ3n) is 1.80. The van der Waals surface area contributed by atoms with E-state index in [-0.39, 0.29) is 0 Å². The van der Waals surface area contributed by atoms with Crippen LogP contribution in [0.4, 0.5) is 0 Å². The van der Waals surface area contributed by atoms with Crippen LogP contribution in [0.25, 0.3) is 0 Å². The van der Waals surface area contributed by atoms with Crippen LogP contribution in [0, 0.1) is 0 Å². The molecule has 1 fully saturated rings. The highest BCUT2D eigenvalue weighted by Crippen LogP contribution is 2.26. The first-order valence-electron chi connectivity index (χ1n) is 3.68. The zero-order chi connectivity index (χ0) is 6.69. The van der Waals surface area contributed by atoms with Crippen LogP contribution in [0.15, 0.2) is 0 Å². The third-order valence-corrected chi connectivity index (χ3v) is 3.42. The van der Waals surface area contributed by atoms with Crippen LogP contribution in [0.1, 0.15) is 26.2 Å². The highest BCUT2D eigenvalue weighted by Gasteiger charge is 2.16. The van der Waals surface area contributed by atoms with Crippen LogP contribution >= 0.6 is 11.8 Å². The van der Waals surface area contributed by atoms with E-state index in [2.05, 4.69) is 6.92 Å². The molecule has 0 spiro atoms. The predicted molar refractivity (Wildman–Crippen MR) is 43.7 cm³/mol. The minimum absolute atomic E-state index is 0.398. The molecule has 54 valence electrons. The molecule has 1 aliphatic rings. The zero-order valence-corrected chi connectivity index (χ0v) is 6.79. The Morgan fingerprint density at radius 1 is 1.56 bits per heavy atom. The number of hydrogen-bond donors (Lipinski definition) is 1. The Labute approximate surface area is 61.4 Å². The summed E-state index contributed by atoms with van der Waals surface area (Å²) in [5.74, 6) is 1.33. The molecule has 1 heterocycles. The Balaban J connectivity index is 2.23. The summed E-state index contributed by atoms with van der Waals surface area (Å²) in [5.41, 5.74) is 5.75. The summed E-state index contributed by atoms with van der Waals surface area (Å²) < 4.78 is 0. The minimum atomic E-state index is 0.398. The summed E-state index contributed by atoms with van der Waals surface area (Å²) >= 11 is 2.05. The largest absolute Gasteiger partial charge is 0.327 e. The minimum Gasteiger partial charge on any atom is -0.327 e. The molecular formula is C7H15NS. The lowest BCUT2D eigenvalue weighted by Gasteiger charge is -2.23. The normalized spacial score (nSPS) is 32.0. The van der Waals surface area contributed by atoms with Gasteiger partial charge in [0, 0.05) is 11.3 Å². The lowest BCUT2D eigenvalue weighted by molar-refractivity contribution is 0.592. The molecule has 9 heavy (non-hydrogen) atoms. The van der Waals surface area contributed by atoms with Gasteiger partial charge in [0.15, 0.2) is 0 Å². The predicted octanol–water partition coefficient (Wildman–Crippen LogP) is 1.62. The number of nitrogens with two attached hydrogens (primary N) is 1. The van der Waals surface area contributed by atoms with E-state index >= 15 is 0 Å². The van der Waals surface area contributed by atoms with Gasteiger partial charge in [-0.05, 0) is 25.5 Å². The van der Waals surface area contributed by atoms with Crippen molar-refractivity contribution in [3.8, 4) is 0 Å². The molecule has 0 aromatic heterocycles. The smallest absolute Gasteiger partial charge is 0.0196 e. The second kappa shape index (κ2) is 3.47. The number of thioether (sulfide) groups is 1. The van der Waals surface area contributed by atoms with E-state index in [4.69, 9.17) is 5.73 Å². The monoisotopic (exact) mass is 145 g/mol. The van der Waals surface area contributed by atoms with Crippen molar-refractivity contribution in [2.45, 2.75) is 37.5 Å².